The summed E-state index contributed by atoms with van der Waals surface area (Å²) in [5.41, 5.74) is 3.17. The Morgan fingerprint density at radius 1 is 1.04 bits per heavy atom. The van der Waals surface area contributed by atoms with Gasteiger partial charge in [-0.25, -0.2) is 4.39 Å². The normalized spacial score (nSPS) is 16.5. The van der Waals surface area contributed by atoms with E-state index in [1.54, 1.807) is 12.1 Å². The summed E-state index contributed by atoms with van der Waals surface area (Å²) in [6, 6.07) is 14.0. The van der Waals surface area contributed by atoms with Gasteiger partial charge in [0.25, 0.3) is 0 Å². The van der Waals surface area contributed by atoms with Crippen LogP contribution in [-0.2, 0) is 4.79 Å². The van der Waals surface area contributed by atoms with E-state index in [-0.39, 0.29) is 17.8 Å². The van der Waals surface area contributed by atoms with Crippen molar-refractivity contribution in [2.45, 2.75) is 19.9 Å². The number of carbonyl (C=O) groups is 1. The van der Waals surface area contributed by atoms with E-state index >= 15 is 0 Å². The molecule has 0 saturated carbocycles. The Kier molecular flexibility index (Phi) is 5.34. The molecule has 1 aliphatic heterocycles. The highest BCUT2D eigenvalue weighted by atomic mass is 19.1. The zero-order chi connectivity index (χ0) is 17.8. The molecule has 1 N–H and O–H groups in total. The van der Waals surface area contributed by atoms with Crippen LogP contribution in [0.4, 0.5) is 15.8 Å². The highest BCUT2D eigenvalue weighted by molar-refractivity contribution is 5.94. The molecular weight excluding hydrogens is 317 g/mol. The molecule has 0 radical (unpaired) electrons. The summed E-state index contributed by atoms with van der Waals surface area (Å²) < 4.78 is 13.0. The Hall–Kier alpha value is -2.40. The van der Waals surface area contributed by atoms with Gasteiger partial charge < -0.3 is 10.2 Å². The molecule has 2 aromatic rings. The molecule has 4 nitrogen and oxygen atoms in total. The molecule has 1 fully saturated rings. The molecule has 1 heterocycles. The van der Waals surface area contributed by atoms with Crippen molar-refractivity contribution in [3.8, 4) is 0 Å². The smallest absolute Gasteiger partial charge is 0.241 e. The summed E-state index contributed by atoms with van der Waals surface area (Å²) >= 11 is 0. The van der Waals surface area contributed by atoms with E-state index in [9.17, 15) is 9.18 Å². The molecule has 0 spiro atoms. The summed E-state index contributed by atoms with van der Waals surface area (Å²) in [6.45, 7) is 7.53. The van der Waals surface area contributed by atoms with Gasteiger partial charge in [0.15, 0.2) is 0 Å². The maximum Gasteiger partial charge on any atom is 0.241 e. The third-order valence-electron chi connectivity index (χ3n) is 4.81. The number of anilines is 2. The number of nitrogens with zero attached hydrogens (tertiary/aromatic N) is 2. The molecular formula is C20H24FN3O. The fourth-order valence-electron chi connectivity index (χ4n) is 3.21. The second-order valence-electron chi connectivity index (χ2n) is 6.48. The van der Waals surface area contributed by atoms with Crippen molar-refractivity contribution in [3.63, 3.8) is 0 Å². The van der Waals surface area contributed by atoms with Crippen LogP contribution in [-0.4, -0.2) is 43.0 Å². The Morgan fingerprint density at radius 3 is 2.32 bits per heavy atom. The number of halogens is 1. The van der Waals surface area contributed by atoms with Crippen LogP contribution in [0.1, 0.15) is 12.5 Å². The average Bonchev–Trinajstić information content (AvgIpc) is 2.63. The minimum absolute atomic E-state index is 0.0593. The van der Waals surface area contributed by atoms with Gasteiger partial charge in [0.1, 0.15) is 5.82 Å². The number of carbonyl (C=O) groups excluding carboxylic acids is 1. The number of hydrogen-bond acceptors (Lipinski definition) is 3. The average molecular weight is 341 g/mol. The molecule has 0 aliphatic carbocycles. The fourth-order valence-corrected chi connectivity index (χ4v) is 3.21. The Bertz CT molecular complexity index is 724. The van der Waals surface area contributed by atoms with Crippen molar-refractivity contribution in [3.05, 3.63) is 59.9 Å². The molecule has 0 unspecified atom stereocenters. The third-order valence-corrected chi connectivity index (χ3v) is 4.81. The van der Waals surface area contributed by atoms with Crippen molar-refractivity contribution in [1.82, 2.24) is 4.90 Å². The zero-order valence-electron chi connectivity index (χ0n) is 14.7. The molecule has 1 saturated heterocycles. The van der Waals surface area contributed by atoms with Crippen LogP contribution in [0.25, 0.3) is 0 Å². The molecule has 2 aromatic carbocycles. The van der Waals surface area contributed by atoms with Gasteiger partial charge in [0.05, 0.1) is 6.04 Å². The van der Waals surface area contributed by atoms with Crippen LogP contribution in [0, 0.1) is 12.7 Å². The topological polar surface area (TPSA) is 35.6 Å². The molecule has 5 heteroatoms. The third kappa shape index (κ3) is 4.17. The van der Waals surface area contributed by atoms with E-state index in [1.165, 1.54) is 23.4 Å². The number of benzene rings is 2. The van der Waals surface area contributed by atoms with Gasteiger partial charge in [-0.2, -0.15) is 0 Å². The SMILES string of the molecule is Cc1ccccc1N1CCN([C@H](C)C(=O)Nc2ccc(F)cc2)CC1. The lowest BCUT2D eigenvalue weighted by Crippen LogP contribution is -2.53. The van der Waals surface area contributed by atoms with Crippen molar-refractivity contribution >= 4 is 17.3 Å². The van der Waals surface area contributed by atoms with Crippen molar-refractivity contribution < 1.29 is 9.18 Å². The molecule has 1 amide bonds. The highest BCUT2D eigenvalue weighted by Crippen LogP contribution is 2.21. The number of para-hydroxylation sites is 1. The molecule has 0 bridgehead atoms. The van der Waals surface area contributed by atoms with E-state index in [2.05, 4.69) is 46.3 Å². The van der Waals surface area contributed by atoms with Crippen LogP contribution in [0.5, 0.6) is 0 Å². The van der Waals surface area contributed by atoms with Crippen LogP contribution in [0.3, 0.4) is 0 Å². The largest absolute Gasteiger partial charge is 0.369 e. The Labute approximate surface area is 148 Å². The van der Waals surface area contributed by atoms with Crippen LogP contribution in [0.2, 0.25) is 0 Å². The first-order chi connectivity index (χ1) is 12.0. The first kappa shape index (κ1) is 17.4. The summed E-state index contributed by atoms with van der Waals surface area (Å²) in [7, 11) is 0. The van der Waals surface area contributed by atoms with Gasteiger partial charge in [-0.1, -0.05) is 18.2 Å². The number of amides is 1. The standard InChI is InChI=1S/C20H24FN3O/c1-15-5-3-4-6-19(15)24-13-11-23(12-14-24)16(2)20(25)22-18-9-7-17(21)8-10-18/h3-10,16H,11-14H2,1-2H3,(H,22,25)/t16-/m1/s1. The summed E-state index contributed by atoms with van der Waals surface area (Å²) in [5, 5.41) is 2.86. The fraction of sp³-hybridized carbons (Fsp3) is 0.350. The quantitative estimate of drug-likeness (QED) is 0.927. The van der Waals surface area contributed by atoms with Gasteiger partial charge in [-0.15, -0.1) is 0 Å². The van der Waals surface area contributed by atoms with E-state index < -0.39 is 0 Å². The molecule has 132 valence electrons. The monoisotopic (exact) mass is 341 g/mol. The maximum atomic E-state index is 13.0. The maximum absolute atomic E-state index is 13.0. The number of rotatable bonds is 4. The molecule has 1 aliphatic rings. The van der Waals surface area contributed by atoms with Crippen molar-refractivity contribution in [2.75, 3.05) is 36.4 Å². The van der Waals surface area contributed by atoms with Crippen molar-refractivity contribution in [1.29, 1.82) is 0 Å². The summed E-state index contributed by atoms with van der Waals surface area (Å²) in [4.78, 5) is 17.0. The Balaban J connectivity index is 1.56. The van der Waals surface area contributed by atoms with Gasteiger partial charge in [-0.05, 0) is 49.7 Å². The lowest BCUT2D eigenvalue weighted by Gasteiger charge is -2.39. The summed E-state index contributed by atoms with van der Waals surface area (Å²) in [5.74, 6) is -0.366. The van der Waals surface area contributed by atoms with Crippen molar-refractivity contribution in [2.24, 2.45) is 0 Å². The van der Waals surface area contributed by atoms with Crippen LogP contribution < -0.4 is 10.2 Å². The van der Waals surface area contributed by atoms with Crippen LogP contribution in [0.15, 0.2) is 48.5 Å². The first-order valence-electron chi connectivity index (χ1n) is 8.65. The Morgan fingerprint density at radius 2 is 1.68 bits per heavy atom. The van der Waals surface area contributed by atoms with Gasteiger partial charge >= 0.3 is 0 Å². The number of nitrogens with one attached hydrogen (secondary N) is 1. The summed E-state index contributed by atoms with van der Waals surface area (Å²) in [6.07, 6.45) is 0. The highest BCUT2D eigenvalue weighted by Gasteiger charge is 2.26. The number of piperazine rings is 1. The second kappa shape index (κ2) is 7.66. The van der Waals surface area contributed by atoms with Crippen LogP contribution >= 0.6 is 0 Å². The minimum atomic E-state index is -0.307. The molecule has 25 heavy (non-hydrogen) atoms. The molecule has 3 rings (SSSR count). The number of hydrogen-bond donors (Lipinski definition) is 1. The first-order valence-corrected chi connectivity index (χ1v) is 8.65. The lowest BCUT2D eigenvalue weighted by atomic mass is 10.1. The zero-order valence-corrected chi connectivity index (χ0v) is 14.7. The molecule has 0 aromatic heterocycles. The van der Waals surface area contributed by atoms with E-state index in [0.29, 0.717) is 5.69 Å². The van der Waals surface area contributed by atoms with E-state index in [0.717, 1.165) is 26.2 Å². The van der Waals surface area contributed by atoms with Gasteiger partial charge in [-0.3, -0.25) is 9.69 Å². The predicted molar refractivity (Wildman–Crippen MR) is 99.5 cm³/mol. The van der Waals surface area contributed by atoms with E-state index in [4.69, 9.17) is 0 Å². The van der Waals surface area contributed by atoms with E-state index in [1.807, 2.05) is 6.92 Å². The van der Waals surface area contributed by atoms with Gasteiger partial charge in [0.2, 0.25) is 5.91 Å². The molecule has 1 atom stereocenters. The lowest BCUT2D eigenvalue weighted by molar-refractivity contribution is -0.120. The van der Waals surface area contributed by atoms with Gasteiger partial charge in [0, 0.05) is 37.6 Å². The predicted octanol–water partition coefficient (Wildman–Crippen LogP) is 3.28. The minimum Gasteiger partial charge on any atom is -0.369 e. The second-order valence-corrected chi connectivity index (χ2v) is 6.48. The number of aryl methyl sites for hydroxylation is 1.